The van der Waals surface area contributed by atoms with Crippen LogP contribution >= 0.6 is 11.6 Å². The first kappa shape index (κ1) is 15.5. The molecule has 0 aliphatic carbocycles. The van der Waals surface area contributed by atoms with Crippen molar-refractivity contribution < 1.29 is 9.00 Å². The van der Waals surface area contributed by atoms with Gasteiger partial charge in [0, 0.05) is 0 Å². The van der Waals surface area contributed by atoms with Gasteiger partial charge in [0.15, 0.2) is 0 Å². The molecule has 2 aromatic rings. The predicted octanol–water partition coefficient (Wildman–Crippen LogP) is 2.98. The summed E-state index contributed by atoms with van der Waals surface area (Å²) in [6, 6.07) is 12.1. The van der Waals surface area contributed by atoms with Crippen molar-refractivity contribution in [3.63, 3.8) is 0 Å². The van der Waals surface area contributed by atoms with E-state index in [4.69, 9.17) is 17.3 Å². The highest BCUT2D eigenvalue weighted by Crippen LogP contribution is 2.21. The summed E-state index contributed by atoms with van der Waals surface area (Å²) < 4.78 is 12.1. The second-order valence-corrected chi connectivity index (χ2v) is 6.39. The van der Waals surface area contributed by atoms with Crippen molar-refractivity contribution in [3.8, 4) is 0 Å². The van der Waals surface area contributed by atoms with E-state index in [1.54, 1.807) is 36.4 Å². The predicted molar refractivity (Wildman–Crippen MR) is 86.9 cm³/mol. The van der Waals surface area contributed by atoms with E-state index < -0.39 is 10.8 Å². The van der Waals surface area contributed by atoms with Crippen LogP contribution < -0.4 is 11.1 Å². The highest BCUT2D eigenvalue weighted by molar-refractivity contribution is 7.86. The van der Waals surface area contributed by atoms with Crippen molar-refractivity contribution in [2.24, 2.45) is 0 Å². The van der Waals surface area contributed by atoms with Crippen LogP contribution in [0.4, 0.5) is 11.4 Å². The third kappa shape index (κ3) is 4.06. The Morgan fingerprint density at radius 2 is 2.00 bits per heavy atom. The molecule has 2 aromatic carbocycles. The topological polar surface area (TPSA) is 72.2 Å². The van der Waals surface area contributed by atoms with Crippen LogP contribution in [0, 0.1) is 6.92 Å². The van der Waals surface area contributed by atoms with Crippen LogP contribution in [0.3, 0.4) is 0 Å². The molecule has 2 rings (SSSR count). The maximum absolute atomic E-state index is 12.1. The third-order valence-corrected chi connectivity index (χ3v) is 4.64. The maximum Gasteiger partial charge on any atom is 0.237 e. The first-order valence-electron chi connectivity index (χ1n) is 6.26. The molecule has 1 unspecified atom stereocenters. The lowest BCUT2D eigenvalue weighted by Gasteiger charge is -2.09. The molecular formula is C15H15ClN2O2S. The lowest BCUT2D eigenvalue weighted by molar-refractivity contribution is -0.113. The number of halogens is 1. The van der Waals surface area contributed by atoms with Crippen LogP contribution in [0.25, 0.3) is 0 Å². The van der Waals surface area contributed by atoms with E-state index in [1.807, 2.05) is 13.0 Å². The van der Waals surface area contributed by atoms with Gasteiger partial charge in [-0.2, -0.15) is 0 Å². The molecule has 110 valence electrons. The van der Waals surface area contributed by atoms with Gasteiger partial charge in [0.05, 0.1) is 32.1 Å². The van der Waals surface area contributed by atoms with Crippen molar-refractivity contribution in [1.82, 2.24) is 0 Å². The number of carbonyl (C=O) groups excluding carboxylic acids is 1. The van der Waals surface area contributed by atoms with E-state index in [-0.39, 0.29) is 11.7 Å². The van der Waals surface area contributed by atoms with Gasteiger partial charge in [-0.3, -0.25) is 9.00 Å². The smallest absolute Gasteiger partial charge is 0.237 e. The Balaban J connectivity index is 2.05. The fourth-order valence-corrected chi connectivity index (χ4v) is 3.18. The largest absolute Gasteiger partial charge is 0.397 e. The zero-order chi connectivity index (χ0) is 15.4. The summed E-state index contributed by atoms with van der Waals surface area (Å²) >= 11 is 5.96. The van der Waals surface area contributed by atoms with Crippen LogP contribution in [0.15, 0.2) is 47.4 Å². The summed E-state index contributed by atoms with van der Waals surface area (Å²) in [4.78, 5) is 12.4. The summed E-state index contributed by atoms with van der Waals surface area (Å²) in [6.45, 7) is 1.91. The molecule has 0 aromatic heterocycles. The number of nitrogen functional groups attached to an aromatic ring is 1. The zero-order valence-electron chi connectivity index (χ0n) is 11.4. The minimum atomic E-state index is -1.49. The molecule has 0 radical (unpaired) electrons. The standard InChI is InChI=1S/C15H15ClN2O2S/c1-10-6-7-13(12(17)8-10)18-15(19)9-21(20)14-5-3-2-4-11(14)16/h2-8H,9,17H2,1H3,(H,18,19). The van der Waals surface area contributed by atoms with Gasteiger partial charge in [-0.15, -0.1) is 0 Å². The number of nitrogens with one attached hydrogen (secondary N) is 1. The Kier molecular flexibility index (Phi) is 4.98. The number of hydrogen-bond donors (Lipinski definition) is 2. The highest BCUT2D eigenvalue weighted by Gasteiger charge is 2.13. The Labute approximate surface area is 130 Å². The van der Waals surface area contributed by atoms with Gasteiger partial charge in [-0.25, -0.2) is 0 Å². The molecule has 0 saturated heterocycles. The SMILES string of the molecule is Cc1ccc(NC(=O)CS(=O)c2ccccc2Cl)c(N)c1. The van der Waals surface area contributed by atoms with Gasteiger partial charge < -0.3 is 11.1 Å². The number of amides is 1. The quantitative estimate of drug-likeness (QED) is 0.850. The molecule has 0 aliphatic heterocycles. The van der Waals surface area contributed by atoms with E-state index >= 15 is 0 Å². The molecule has 0 heterocycles. The molecule has 0 saturated carbocycles. The Hall–Kier alpha value is -1.85. The summed E-state index contributed by atoms with van der Waals surface area (Å²) in [6.07, 6.45) is 0. The molecule has 0 fully saturated rings. The zero-order valence-corrected chi connectivity index (χ0v) is 13.0. The summed E-state index contributed by atoms with van der Waals surface area (Å²) in [7, 11) is -1.49. The molecule has 1 amide bonds. The van der Waals surface area contributed by atoms with Gasteiger partial charge in [-0.1, -0.05) is 29.8 Å². The molecule has 3 N–H and O–H groups in total. The van der Waals surface area contributed by atoms with E-state index in [2.05, 4.69) is 5.32 Å². The first-order chi connectivity index (χ1) is 9.97. The van der Waals surface area contributed by atoms with Gasteiger partial charge in [0.2, 0.25) is 5.91 Å². The van der Waals surface area contributed by atoms with Gasteiger partial charge in [-0.05, 0) is 36.8 Å². The van der Waals surface area contributed by atoms with Crippen molar-refractivity contribution in [1.29, 1.82) is 0 Å². The Morgan fingerprint density at radius 3 is 2.67 bits per heavy atom. The molecular weight excluding hydrogens is 308 g/mol. The van der Waals surface area contributed by atoms with E-state index in [9.17, 15) is 9.00 Å². The van der Waals surface area contributed by atoms with Gasteiger partial charge >= 0.3 is 0 Å². The van der Waals surface area contributed by atoms with E-state index in [0.717, 1.165) is 5.56 Å². The molecule has 21 heavy (non-hydrogen) atoms. The first-order valence-corrected chi connectivity index (χ1v) is 7.96. The molecule has 0 aliphatic rings. The van der Waals surface area contributed by atoms with Crippen LogP contribution in [-0.4, -0.2) is 15.9 Å². The average molecular weight is 323 g/mol. The number of anilines is 2. The Morgan fingerprint density at radius 1 is 1.29 bits per heavy atom. The molecule has 4 nitrogen and oxygen atoms in total. The summed E-state index contributed by atoms with van der Waals surface area (Å²) in [5.74, 6) is -0.541. The normalized spacial score (nSPS) is 11.9. The molecule has 0 bridgehead atoms. The van der Waals surface area contributed by atoms with Crippen LogP contribution in [0.2, 0.25) is 5.02 Å². The highest BCUT2D eigenvalue weighted by atomic mass is 35.5. The van der Waals surface area contributed by atoms with Crippen LogP contribution in [0.5, 0.6) is 0 Å². The third-order valence-electron chi connectivity index (χ3n) is 2.83. The second-order valence-electron chi connectivity index (χ2n) is 4.56. The number of carbonyl (C=O) groups is 1. The van der Waals surface area contributed by atoms with Gasteiger partial charge in [0.25, 0.3) is 0 Å². The number of nitrogens with two attached hydrogens (primary N) is 1. The molecule has 1 atom stereocenters. The number of aryl methyl sites for hydroxylation is 1. The second kappa shape index (κ2) is 6.74. The van der Waals surface area contributed by atoms with E-state index in [0.29, 0.717) is 21.3 Å². The monoisotopic (exact) mass is 322 g/mol. The number of hydrogen-bond acceptors (Lipinski definition) is 3. The molecule has 6 heteroatoms. The van der Waals surface area contributed by atoms with Gasteiger partial charge in [0.1, 0.15) is 5.75 Å². The molecule has 0 spiro atoms. The number of benzene rings is 2. The van der Waals surface area contributed by atoms with Crippen molar-refractivity contribution in [2.45, 2.75) is 11.8 Å². The minimum Gasteiger partial charge on any atom is -0.397 e. The lowest BCUT2D eigenvalue weighted by atomic mass is 10.2. The average Bonchev–Trinajstić information content (AvgIpc) is 2.42. The fraction of sp³-hybridized carbons (Fsp3) is 0.133. The van der Waals surface area contributed by atoms with Crippen molar-refractivity contribution in [2.75, 3.05) is 16.8 Å². The summed E-state index contributed by atoms with van der Waals surface area (Å²) in [5.41, 5.74) is 7.82. The number of rotatable bonds is 4. The van der Waals surface area contributed by atoms with Crippen LogP contribution in [0.1, 0.15) is 5.56 Å². The van der Waals surface area contributed by atoms with Crippen molar-refractivity contribution >= 4 is 39.7 Å². The maximum atomic E-state index is 12.1. The van der Waals surface area contributed by atoms with Crippen molar-refractivity contribution in [3.05, 3.63) is 53.1 Å². The minimum absolute atomic E-state index is 0.170. The fourth-order valence-electron chi connectivity index (χ4n) is 1.81. The Bertz CT molecular complexity index is 704. The lowest BCUT2D eigenvalue weighted by Crippen LogP contribution is -2.20. The summed E-state index contributed by atoms with van der Waals surface area (Å²) in [5, 5.41) is 3.04. The van der Waals surface area contributed by atoms with Crippen LogP contribution in [-0.2, 0) is 15.6 Å². The van der Waals surface area contributed by atoms with E-state index in [1.165, 1.54) is 0 Å².